The van der Waals surface area contributed by atoms with Crippen LogP contribution in [0.1, 0.15) is 119 Å². The van der Waals surface area contributed by atoms with E-state index < -0.39 is 0 Å². The van der Waals surface area contributed by atoms with Crippen molar-refractivity contribution in [3.63, 3.8) is 0 Å². The maximum atomic E-state index is 2.41. The molecule has 0 fully saturated rings. The molecule has 0 heterocycles. The maximum Gasteiger partial charge on any atom is -0.0357 e. The van der Waals surface area contributed by atoms with Gasteiger partial charge in [0.25, 0.3) is 0 Å². The molecule has 122 valence electrons. The zero-order chi connectivity index (χ0) is 15.5. The lowest BCUT2D eigenvalue weighted by Crippen LogP contribution is -2.08. The van der Waals surface area contributed by atoms with E-state index in [9.17, 15) is 0 Å². The smallest absolute Gasteiger partial charge is 0.0357 e. The van der Waals surface area contributed by atoms with Crippen LogP contribution in [-0.4, -0.2) is 0 Å². The highest BCUT2D eigenvalue weighted by molar-refractivity contribution is 4.66. The lowest BCUT2D eigenvalue weighted by Gasteiger charge is -2.22. The molecule has 0 unspecified atom stereocenters. The van der Waals surface area contributed by atoms with Crippen LogP contribution < -0.4 is 0 Å². The van der Waals surface area contributed by atoms with Gasteiger partial charge in [-0.05, 0) is 23.7 Å². The molecule has 0 nitrogen and oxygen atoms in total. The molecule has 0 saturated carbocycles. The van der Waals surface area contributed by atoms with Crippen molar-refractivity contribution in [3.8, 4) is 0 Å². The average molecular weight is 283 g/mol. The summed E-state index contributed by atoms with van der Waals surface area (Å²) >= 11 is 0. The topological polar surface area (TPSA) is 0 Å². The van der Waals surface area contributed by atoms with Gasteiger partial charge >= 0.3 is 0 Å². The molecule has 0 spiro atoms. The second kappa shape index (κ2) is 10.7. The third-order valence-corrected chi connectivity index (χ3v) is 5.37. The summed E-state index contributed by atoms with van der Waals surface area (Å²) in [4.78, 5) is 0. The molecule has 0 aliphatic carbocycles. The number of rotatable bonds is 13. The van der Waals surface area contributed by atoms with E-state index in [1.165, 1.54) is 77.0 Å². The summed E-state index contributed by atoms with van der Waals surface area (Å²) in [5.41, 5.74) is 1.15. The molecule has 0 atom stereocenters. The van der Waals surface area contributed by atoms with Crippen LogP contribution in [0, 0.1) is 10.8 Å². The predicted octanol–water partition coefficient (Wildman–Crippen LogP) is 7.76. The van der Waals surface area contributed by atoms with E-state index in [0.717, 1.165) is 0 Å². The largest absolute Gasteiger partial charge is 0.0649 e. The van der Waals surface area contributed by atoms with Gasteiger partial charge in [-0.15, -0.1) is 0 Å². The Morgan fingerprint density at radius 3 is 0.950 bits per heavy atom. The van der Waals surface area contributed by atoms with E-state index in [1.54, 1.807) is 0 Å². The molecule has 0 rings (SSSR count). The summed E-state index contributed by atoms with van der Waals surface area (Å²) in [6.07, 6.45) is 17.1. The average Bonchev–Trinajstić information content (AvgIpc) is 2.41. The van der Waals surface area contributed by atoms with Crippen molar-refractivity contribution in [1.82, 2.24) is 0 Å². The van der Waals surface area contributed by atoms with Gasteiger partial charge in [0.1, 0.15) is 0 Å². The van der Waals surface area contributed by atoms with Gasteiger partial charge < -0.3 is 0 Å². The minimum Gasteiger partial charge on any atom is -0.0649 e. The summed E-state index contributed by atoms with van der Waals surface area (Å²) in [7, 11) is 0. The molecule has 0 amide bonds. The van der Waals surface area contributed by atoms with Crippen LogP contribution >= 0.6 is 0 Å². The molecule has 0 radical (unpaired) electrons. The Morgan fingerprint density at radius 2 is 0.700 bits per heavy atom. The van der Waals surface area contributed by atoms with Crippen molar-refractivity contribution in [1.29, 1.82) is 0 Å². The third kappa shape index (κ3) is 11.8. The molecule has 0 aliphatic rings. The van der Waals surface area contributed by atoms with E-state index in [2.05, 4.69) is 41.5 Å². The summed E-state index contributed by atoms with van der Waals surface area (Å²) in [5, 5.41) is 0. The highest BCUT2D eigenvalue weighted by Gasteiger charge is 2.14. The van der Waals surface area contributed by atoms with Crippen molar-refractivity contribution in [2.45, 2.75) is 119 Å². The first-order chi connectivity index (χ1) is 9.33. The molecule has 0 saturated heterocycles. The molecule has 0 N–H and O–H groups in total. The van der Waals surface area contributed by atoms with Crippen molar-refractivity contribution >= 4 is 0 Å². The van der Waals surface area contributed by atoms with Gasteiger partial charge in [0.15, 0.2) is 0 Å². The number of unbranched alkanes of at least 4 members (excludes halogenated alkanes) is 7. The minimum atomic E-state index is 0.575. The Labute approximate surface area is 130 Å². The van der Waals surface area contributed by atoms with E-state index in [1.807, 2.05) is 0 Å². The Hall–Kier alpha value is 0. The van der Waals surface area contributed by atoms with E-state index in [0.29, 0.717) is 10.8 Å². The van der Waals surface area contributed by atoms with Crippen LogP contribution in [0.3, 0.4) is 0 Å². The Bertz CT molecular complexity index is 188. The first-order valence-electron chi connectivity index (χ1n) is 9.33. The summed E-state index contributed by atoms with van der Waals surface area (Å²) in [6, 6.07) is 0. The number of hydrogen-bond acceptors (Lipinski definition) is 0. The van der Waals surface area contributed by atoms with Gasteiger partial charge in [-0.25, -0.2) is 0 Å². The molecule has 0 aliphatic heterocycles. The minimum absolute atomic E-state index is 0.575. The van der Waals surface area contributed by atoms with Crippen LogP contribution in [0.4, 0.5) is 0 Å². The Kier molecular flexibility index (Phi) is 10.7. The Balaban J connectivity index is 3.26. The summed E-state index contributed by atoms with van der Waals surface area (Å²) in [6.45, 7) is 14.3. The van der Waals surface area contributed by atoms with Crippen molar-refractivity contribution in [2.75, 3.05) is 0 Å². The van der Waals surface area contributed by atoms with Crippen LogP contribution in [-0.2, 0) is 0 Å². The first kappa shape index (κ1) is 20.0. The quantitative estimate of drug-likeness (QED) is 0.303. The van der Waals surface area contributed by atoms with Crippen LogP contribution in [0.2, 0.25) is 0 Å². The molecule has 0 bridgehead atoms. The van der Waals surface area contributed by atoms with E-state index in [4.69, 9.17) is 0 Å². The van der Waals surface area contributed by atoms with Gasteiger partial charge in [-0.3, -0.25) is 0 Å². The van der Waals surface area contributed by atoms with Gasteiger partial charge in [-0.1, -0.05) is 106 Å². The first-order valence-corrected chi connectivity index (χ1v) is 9.33. The van der Waals surface area contributed by atoms with Crippen molar-refractivity contribution in [3.05, 3.63) is 0 Å². The van der Waals surface area contributed by atoms with Crippen molar-refractivity contribution in [2.24, 2.45) is 10.8 Å². The highest BCUT2D eigenvalue weighted by atomic mass is 14.2. The fraction of sp³-hybridized carbons (Fsp3) is 1.00. The predicted molar refractivity (Wildman–Crippen MR) is 94.3 cm³/mol. The second-order valence-corrected chi connectivity index (χ2v) is 8.36. The second-order valence-electron chi connectivity index (χ2n) is 8.36. The highest BCUT2D eigenvalue weighted by Crippen LogP contribution is 2.28. The van der Waals surface area contributed by atoms with Gasteiger partial charge in [-0.2, -0.15) is 0 Å². The zero-order valence-electron chi connectivity index (χ0n) is 15.5. The van der Waals surface area contributed by atoms with Crippen LogP contribution in [0.15, 0.2) is 0 Å². The van der Waals surface area contributed by atoms with Crippen molar-refractivity contribution < 1.29 is 0 Å². The monoisotopic (exact) mass is 282 g/mol. The molecule has 0 aromatic carbocycles. The molecular weight excluding hydrogens is 240 g/mol. The van der Waals surface area contributed by atoms with Gasteiger partial charge in [0, 0.05) is 0 Å². The third-order valence-electron chi connectivity index (χ3n) is 5.37. The lowest BCUT2D eigenvalue weighted by atomic mass is 9.84. The normalized spacial score (nSPS) is 12.9. The van der Waals surface area contributed by atoms with E-state index in [-0.39, 0.29) is 0 Å². The molecular formula is C20H42. The van der Waals surface area contributed by atoms with Crippen LogP contribution in [0.25, 0.3) is 0 Å². The molecule has 0 heteroatoms. The standard InChI is InChI=1S/C20H42/c1-7-19(3,4)17-15-13-11-9-10-12-14-16-18-20(5,6)8-2/h7-18H2,1-6H3. The van der Waals surface area contributed by atoms with Gasteiger partial charge in [0.05, 0.1) is 0 Å². The summed E-state index contributed by atoms with van der Waals surface area (Å²) in [5.74, 6) is 0. The number of hydrogen-bond donors (Lipinski definition) is 0. The Morgan fingerprint density at radius 1 is 0.450 bits per heavy atom. The lowest BCUT2D eigenvalue weighted by molar-refractivity contribution is 0.304. The fourth-order valence-electron chi connectivity index (χ4n) is 2.62. The molecule has 0 aromatic rings. The van der Waals surface area contributed by atoms with Crippen LogP contribution in [0.5, 0.6) is 0 Å². The summed E-state index contributed by atoms with van der Waals surface area (Å²) < 4.78 is 0. The van der Waals surface area contributed by atoms with Gasteiger partial charge in [0.2, 0.25) is 0 Å². The van der Waals surface area contributed by atoms with E-state index >= 15 is 0 Å². The molecule has 20 heavy (non-hydrogen) atoms. The fourth-order valence-corrected chi connectivity index (χ4v) is 2.62. The maximum absolute atomic E-state index is 2.41. The zero-order valence-corrected chi connectivity index (χ0v) is 15.5. The molecule has 0 aromatic heterocycles. The SMILES string of the molecule is CCC(C)(C)CCCCCCCCCCC(C)(C)CC.